The molecule has 0 aromatic rings. The van der Waals surface area contributed by atoms with E-state index in [2.05, 4.69) is 20.8 Å². The molecule has 0 radical (unpaired) electrons. The highest BCUT2D eigenvalue weighted by atomic mass is 16.7. The molecule has 2 aliphatic rings. The lowest BCUT2D eigenvalue weighted by Crippen LogP contribution is -2.47. The molecule has 2 saturated heterocycles. The van der Waals surface area contributed by atoms with Crippen LogP contribution in [0.25, 0.3) is 0 Å². The SMILES string of the molecule is CC(C)(C)CC(=O)N1CCC2(CC1)OCCO2. The van der Waals surface area contributed by atoms with E-state index in [1.54, 1.807) is 0 Å². The Morgan fingerprint density at radius 2 is 1.71 bits per heavy atom. The maximum atomic E-state index is 12.1. The molecule has 0 atom stereocenters. The topological polar surface area (TPSA) is 38.8 Å². The van der Waals surface area contributed by atoms with Crippen molar-refractivity contribution in [1.82, 2.24) is 4.90 Å². The van der Waals surface area contributed by atoms with Gasteiger partial charge in [0.05, 0.1) is 13.2 Å². The predicted octanol–water partition coefficient (Wildman–Crippen LogP) is 1.79. The molecule has 17 heavy (non-hydrogen) atoms. The van der Waals surface area contributed by atoms with Gasteiger partial charge < -0.3 is 14.4 Å². The molecule has 0 aromatic heterocycles. The number of likely N-dealkylation sites (tertiary alicyclic amines) is 1. The Morgan fingerprint density at radius 3 is 2.18 bits per heavy atom. The number of rotatable bonds is 1. The standard InChI is InChI=1S/C13H23NO3/c1-12(2,3)10-11(15)14-6-4-13(5-7-14)16-8-9-17-13/h4-10H2,1-3H3. The van der Waals surface area contributed by atoms with Gasteiger partial charge in [-0.2, -0.15) is 0 Å². The van der Waals surface area contributed by atoms with E-state index < -0.39 is 0 Å². The molecular weight excluding hydrogens is 218 g/mol. The number of nitrogens with zero attached hydrogens (tertiary/aromatic N) is 1. The van der Waals surface area contributed by atoms with Crippen molar-refractivity contribution in [2.24, 2.45) is 5.41 Å². The minimum atomic E-state index is -0.376. The Kier molecular flexibility index (Phi) is 3.46. The Hall–Kier alpha value is -0.610. The van der Waals surface area contributed by atoms with Crippen molar-refractivity contribution < 1.29 is 14.3 Å². The van der Waals surface area contributed by atoms with Crippen LogP contribution in [0.1, 0.15) is 40.0 Å². The lowest BCUT2D eigenvalue weighted by Gasteiger charge is -2.38. The van der Waals surface area contributed by atoms with Gasteiger partial charge in [-0.25, -0.2) is 0 Å². The van der Waals surface area contributed by atoms with Crippen LogP contribution < -0.4 is 0 Å². The number of ether oxygens (including phenoxy) is 2. The van der Waals surface area contributed by atoms with E-state index in [4.69, 9.17) is 9.47 Å². The van der Waals surface area contributed by atoms with Crippen molar-refractivity contribution in [1.29, 1.82) is 0 Å². The van der Waals surface area contributed by atoms with Crippen LogP contribution in [0.5, 0.6) is 0 Å². The molecule has 4 nitrogen and oxygen atoms in total. The van der Waals surface area contributed by atoms with Gasteiger partial charge in [-0.15, -0.1) is 0 Å². The molecular formula is C13H23NO3. The first-order valence-electron chi connectivity index (χ1n) is 6.46. The number of carbonyl (C=O) groups is 1. The molecule has 0 aromatic carbocycles. The first-order chi connectivity index (χ1) is 7.90. The molecule has 2 heterocycles. The van der Waals surface area contributed by atoms with Gasteiger partial charge in [-0.05, 0) is 5.41 Å². The lowest BCUT2D eigenvalue weighted by atomic mass is 9.91. The van der Waals surface area contributed by atoms with Crippen LogP contribution in [0.4, 0.5) is 0 Å². The van der Waals surface area contributed by atoms with Gasteiger partial charge in [0.25, 0.3) is 0 Å². The maximum Gasteiger partial charge on any atom is 0.223 e. The highest BCUT2D eigenvalue weighted by Crippen LogP contribution is 2.32. The molecule has 1 amide bonds. The minimum Gasteiger partial charge on any atom is -0.347 e. The molecule has 0 aliphatic carbocycles. The van der Waals surface area contributed by atoms with E-state index in [0.717, 1.165) is 25.9 Å². The highest BCUT2D eigenvalue weighted by Gasteiger charge is 2.40. The van der Waals surface area contributed by atoms with Crippen molar-refractivity contribution in [3.63, 3.8) is 0 Å². The quantitative estimate of drug-likeness (QED) is 0.702. The summed E-state index contributed by atoms with van der Waals surface area (Å²) in [6, 6.07) is 0. The normalized spacial score (nSPS) is 24.3. The monoisotopic (exact) mass is 241 g/mol. The molecule has 2 aliphatic heterocycles. The Morgan fingerprint density at radius 1 is 1.18 bits per heavy atom. The Bertz CT molecular complexity index is 280. The van der Waals surface area contributed by atoms with E-state index in [0.29, 0.717) is 19.6 Å². The first kappa shape index (κ1) is 12.8. The summed E-state index contributed by atoms with van der Waals surface area (Å²) in [6.45, 7) is 9.19. The maximum absolute atomic E-state index is 12.1. The second kappa shape index (κ2) is 4.58. The fourth-order valence-corrected chi connectivity index (χ4v) is 2.45. The summed E-state index contributed by atoms with van der Waals surface area (Å²) in [5.74, 6) is -0.122. The van der Waals surface area contributed by atoms with Gasteiger partial charge >= 0.3 is 0 Å². The fraction of sp³-hybridized carbons (Fsp3) is 0.923. The smallest absolute Gasteiger partial charge is 0.223 e. The molecule has 2 rings (SSSR count). The minimum absolute atomic E-state index is 0.0621. The second-order valence-electron chi connectivity index (χ2n) is 6.23. The van der Waals surface area contributed by atoms with Crippen LogP contribution in [0, 0.1) is 5.41 Å². The molecule has 2 fully saturated rings. The van der Waals surface area contributed by atoms with Crippen LogP contribution in [-0.2, 0) is 14.3 Å². The average molecular weight is 241 g/mol. The summed E-state index contributed by atoms with van der Waals surface area (Å²) >= 11 is 0. The second-order valence-corrected chi connectivity index (χ2v) is 6.23. The van der Waals surface area contributed by atoms with Crippen molar-refractivity contribution in [3.05, 3.63) is 0 Å². The van der Waals surface area contributed by atoms with Crippen molar-refractivity contribution in [2.75, 3.05) is 26.3 Å². The van der Waals surface area contributed by atoms with Gasteiger partial charge in [0.1, 0.15) is 0 Å². The number of carbonyl (C=O) groups excluding carboxylic acids is 1. The van der Waals surface area contributed by atoms with Crippen LogP contribution in [0.2, 0.25) is 0 Å². The summed E-state index contributed by atoms with van der Waals surface area (Å²) in [4.78, 5) is 14.0. The summed E-state index contributed by atoms with van der Waals surface area (Å²) in [6.07, 6.45) is 2.23. The van der Waals surface area contributed by atoms with Crippen LogP contribution in [-0.4, -0.2) is 42.9 Å². The molecule has 4 heteroatoms. The van der Waals surface area contributed by atoms with Crippen molar-refractivity contribution in [3.8, 4) is 0 Å². The third-order valence-corrected chi connectivity index (χ3v) is 3.37. The van der Waals surface area contributed by atoms with Crippen LogP contribution >= 0.6 is 0 Å². The molecule has 0 bridgehead atoms. The zero-order chi connectivity index (χ0) is 12.5. The molecule has 0 unspecified atom stereocenters. The van der Waals surface area contributed by atoms with E-state index in [1.165, 1.54) is 0 Å². The van der Waals surface area contributed by atoms with E-state index in [-0.39, 0.29) is 17.1 Å². The van der Waals surface area contributed by atoms with Crippen molar-refractivity contribution in [2.45, 2.75) is 45.8 Å². The molecule has 0 saturated carbocycles. The first-order valence-corrected chi connectivity index (χ1v) is 6.46. The van der Waals surface area contributed by atoms with E-state index in [1.807, 2.05) is 4.90 Å². The van der Waals surface area contributed by atoms with Gasteiger partial charge in [0, 0.05) is 32.4 Å². The zero-order valence-electron chi connectivity index (χ0n) is 11.1. The third kappa shape index (κ3) is 3.19. The number of hydrogen-bond donors (Lipinski definition) is 0. The number of piperidine rings is 1. The number of amides is 1. The molecule has 0 N–H and O–H groups in total. The van der Waals surface area contributed by atoms with E-state index in [9.17, 15) is 4.79 Å². The summed E-state index contributed by atoms with van der Waals surface area (Å²) < 4.78 is 11.3. The molecule has 1 spiro atoms. The van der Waals surface area contributed by atoms with Crippen LogP contribution in [0.3, 0.4) is 0 Å². The Balaban J connectivity index is 1.84. The highest BCUT2D eigenvalue weighted by molar-refractivity contribution is 5.76. The van der Waals surface area contributed by atoms with Gasteiger partial charge in [-0.1, -0.05) is 20.8 Å². The third-order valence-electron chi connectivity index (χ3n) is 3.37. The fourth-order valence-electron chi connectivity index (χ4n) is 2.45. The molecule has 98 valence electrons. The zero-order valence-corrected chi connectivity index (χ0v) is 11.1. The summed E-state index contributed by atoms with van der Waals surface area (Å²) in [5, 5.41) is 0. The number of hydrogen-bond acceptors (Lipinski definition) is 3. The van der Waals surface area contributed by atoms with Gasteiger partial charge in [-0.3, -0.25) is 4.79 Å². The Labute approximate surface area is 103 Å². The predicted molar refractivity (Wildman–Crippen MR) is 64.5 cm³/mol. The van der Waals surface area contributed by atoms with Gasteiger partial charge in [0.2, 0.25) is 5.91 Å². The summed E-state index contributed by atoms with van der Waals surface area (Å²) in [7, 11) is 0. The van der Waals surface area contributed by atoms with Crippen molar-refractivity contribution >= 4 is 5.91 Å². The van der Waals surface area contributed by atoms with Gasteiger partial charge in [0.15, 0.2) is 5.79 Å². The lowest BCUT2D eigenvalue weighted by molar-refractivity contribution is -0.187. The average Bonchev–Trinajstić information content (AvgIpc) is 2.65. The van der Waals surface area contributed by atoms with E-state index >= 15 is 0 Å². The van der Waals surface area contributed by atoms with Crippen LogP contribution in [0.15, 0.2) is 0 Å². The summed E-state index contributed by atoms with van der Waals surface area (Å²) in [5.41, 5.74) is 0.0621. The largest absolute Gasteiger partial charge is 0.347 e.